The molecule has 0 bridgehead atoms. The standard InChI is InChI=1S/C24H29FN2OS/c25-18-6-8-19(9-7-18)28-16-2-12-26-14-10-20-21-4-1-5-23-24(21)27(13-3-17-29-23)22(20)11-15-26/h1,4-9,20,22H,2-3,10-17H2. The number of thioether (sulfide) groups is 1. The van der Waals surface area contributed by atoms with Crippen LogP contribution in [0, 0.1) is 5.82 Å². The van der Waals surface area contributed by atoms with Crippen molar-refractivity contribution >= 4 is 17.4 Å². The SMILES string of the molecule is Fc1ccc(OCCCN2CCC3c4cccc5c4N(CCCS5)C3CC2)cc1. The van der Waals surface area contributed by atoms with Crippen molar-refractivity contribution in [2.24, 2.45) is 0 Å². The first-order valence-electron chi connectivity index (χ1n) is 10.9. The second-order valence-corrected chi connectivity index (χ2v) is 9.47. The smallest absolute Gasteiger partial charge is 0.123 e. The van der Waals surface area contributed by atoms with Gasteiger partial charge in [-0.2, -0.15) is 0 Å². The molecule has 0 saturated carbocycles. The lowest BCUT2D eigenvalue weighted by Gasteiger charge is -2.29. The van der Waals surface area contributed by atoms with Crippen molar-refractivity contribution in [3.05, 3.63) is 53.8 Å². The summed E-state index contributed by atoms with van der Waals surface area (Å²) in [5, 5.41) is 0. The molecule has 154 valence electrons. The van der Waals surface area contributed by atoms with Gasteiger partial charge in [-0.25, -0.2) is 4.39 Å². The molecule has 0 aromatic heterocycles. The molecule has 1 fully saturated rings. The van der Waals surface area contributed by atoms with Crippen LogP contribution in [0.5, 0.6) is 5.75 Å². The minimum Gasteiger partial charge on any atom is -0.494 e. The first-order valence-corrected chi connectivity index (χ1v) is 11.9. The van der Waals surface area contributed by atoms with Gasteiger partial charge in [0, 0.05) is 36.5 Å². The number of benzene rings is 2. The third-order valence-corrected chi connectivity index (χ3v) is 7.71. The van der Waals surface area contributed by atoms with Crippen molar-refractivity contribution in [2.75, 3.05) is 43.4 Å². The van der Waals surface area contributed by atoms with E-state index in [1.165, 1.54) is 61.7 Å². The van der Waals surface area contributed by atoms with E-state index in [9.17, 15) is 4.39 Å². The summed E-state index contributed by atoms with van der Waals surface area (Å²) in [7, 11) is 0. The molecule has 1 saturated heterocycles. The molecule has 3 aliphatic heterocycles. The molecule has 0 spiro atoms. The summed E-state index contributed by atoms with van der Waals surface area (Å²) in [4.78, 5) is 6.86. The highest BCUT2D eigenvalue weighted by atomic mass is 32.2. The number of likely N-dealkylation sites (tertiary alicyclic amines) is 1. The van der Waals surface area contributed by atoms with Crippen LogP contribution in [0.25, 0.3) is 0 Å². The first-order chi connectivity index (χ1) is 14.3. The fourth-order valence-electron chi connectivity index (χ4n) is 5.23. The fourth-order valence-corrected chi connectivity index (χ4v) is 6.27. The molecule has 2 aromatic carbocycles. The molecule has 0 radical (unpaired) electrons. The van der Waals surface area contributed by atoms with E-state index in [0.717, 1.165) is 18.7 Å². The Kier molecular flexibility index (Phi) is 5.69. The fraction of sp³-hybridized carbons (Fsp3) is 0.500. The van der Waals surface area contributed by atoms with Crippen molar-refractivity contribution in [2.45, 2.75) is 42.5 Å². The molecule has 0 N–H and O–H groups in total. The number of rotatable bonds is 5. The van der Waals surface area contributed by atoms with E-state index in [4.69, 9.17) is 4.74 Å². The molecule has 29 heavy (non-hydrogen) atoms. The van der Waals surface area contributed by atoms with Gasteiger partial charge in [0.05, 0.1) is 12.3 Å². The predicted octanol–water partition coefficient (Wildman–Crippen LogP) is 5.16. The van der Waals surface area contributed by atoms with Crippen molar-refractivity contribution in [1.29, 1.82) is 0 Å². The van der Waals surface area contributed by atoms with E-state index >= 15 is 0 Å². The van der Waals surface area contributed by atoms with Gasteiger partial charge >= 0.3 is 0 Å². The van der Waals surface area contributed by atoms with Crippen LogP contribution in [-0.2, 0) is 0 Å². The van der Waals surface area contributed by atoms with E-state index in [0.29, 0.717) is 18.6 Å². The van der Waals surface area contributed by atoms with Crippen LogP contribution in [-0.4, -0.2) is 49.5 Å². The Bertz CT molecular complexity index is 843. The highest BCUT2D eigenvalue weighted by molar-refractivity contribution is 7.99. The lowest BCUT2D eigenvalue weighted by atomic mass is 9.91. The Morgan fingerprint density at radius 2 is 1.90 bits per heavy atom. The zero-order valence-electron chi connectivity index (χ0n) is 16.9. The predicted molar refractivity (Wildman–Crippen MR) is 118 cm³/mol. The molecular formula is C24H29FN2OS. The minimum absolute atomic E-state index is 0.218. The number of hydrogen-bond acceptors (Lipinski definition) is 4. The van der Waals surface area contributed by atoms with E-state index in [1.807, 2.05) is 11.8 Å². The number of fused-ring (bicyclic) bond motifs is 3. The number of anilines is 1. The van der Waals surface area contributed by atoms with Crippen molar-refractivity contribution < 1.29 is 9.13 Å². The summed E-state index contributed by atoms with van der Waals surface area (Å²) in [6.45, 7) is 5.31. The van der Waals surface area contributed by atoms with Gasteiger partial charge in [-0.3, -0.25) is 0 Å². The van der Waals surface area contributed by atoms with Gasteiger partial charge in [0.25, 0.3) is 0 Å². The van der Waals surface area contributed by atoms with Gasteiger partial charge < -0.3 is 14.5 Å². The number of para-hydroxylation sites is 1. The molecule has 3 aliphatic rings. The zero-order valence-corrected chi connectivity index (χ0v) is 17.7. The average molecular weight is 413 g/mol. The van der Waals surface area contributed by atoms with E-state index in [2.05, 4.69) is 28.0 Å². The van der Waals surface area contributed by atoms with E-state index < -0.39 is 0 Å². The first kappa shape index (κ1) is 19.3. The van der Waals surface area contributed by atoms with Crippen LogP contribution in [0.15, 0.2) is 47.4 Å². The van der Waals surface area contributed by atoms with Gasteiger partial charge in [0.2, 0.25) is 0 Å². The molecule has 5 rings (SSSR count). The molecular weight excluding hydrogens is 383 g/mol. The highest BCUT2D eigenvalue weighted by Gasteiger charge is 2.41. The Balaban J connectivity index is 1.18. The summed E-state index contributed by atoms with van der Waals surface area (Å²) < 4.78 is 18.8. The van der Waals surface area contributed by atoms with E-state index in [-0.39, 0.29) is 5.82 Å². The van der Waals surface area contributed by atoms with Crippen LogP contribution in [0.3, 0.4) is 0 Å². The molecule has 2 atom stereocenters. The summed E-state index contributed by atoms with van der Waals surface area (Å²) >= 11 is 2.04. The summed E-state index contributed by atoms with van der Waals surface area (Å²) in [5.74, 6) is 2.46. The minimum atomic E-state index is -0.218. The van der Waals surface area contributed by atoms with Crippen LogP contribution < -0.4 is 9.64 Å². The summed E-state index contributed by atoms with van der Waals surface area (Å²) in [5.41, 5.74) is 3.16. The van der Waals surface area contributed by atoms with Gasteiger partial charge in [-0.15, -0.1) is 11.8 Å². The van der Waals surface area contributed by atoms with Crippen LogP contribution in [0.4, 0.5) is 10.1 Å². The monoisotopic (exact) mass is 412 g/mol. The lowest BCUT2D eigenvalue weighted by Crippen LogP contribution is -2.35. The van der Waals surface area contributed by atoms with Gasteiger partial charge in [0.1, 0.15) is 11.6 Å². The third-order valence-electron chi connectivity index (χ3n) is 6.58. The maximum atomic E-state index is 13.0. The maximum Gasteiger partial charge on any atom is 0.123 e. The van der Waals surface area contributed by atoms with Gasteiger partial charge in [-0.1, -0.05) is 12.1 Å². The van der Waals surface area contributed by atoms with Crippen LogP contribution >= 0.6 is 11.8 Å². The molecule has 2 aromatic rings. The second kappa shape index (κ2) is 8.57. The average Bonchev–Trinajstić information content (AvgIpc) is 2.90. The van der Waals surface area contributed by atoms with Gasteiger partial charge in [0.15, 0.2) is 0 Å². The second-order valence-electron chi connectivity index (χ2n) is 8.34. The van der Waals surface area contributed by atoms with Crippen LogP contribution in [0.1, 0.15) is 37.2 Å². The molecule has 0 aliphatic carbocycles. The molecule has 5 heteroatoms. The molecule has 3 nitrogen and oxygen atoms in total. The lowest BCUT2D eigenvalue weighted by molar-refractivity contribution is 0.238. The largest absolute Gasteiger partial charge is 0.494 e. The Hall–Kier alpha value is -1.72. The maximum absolute atomic E-state index is 13.0. The topological polar surface area (TPSA) is 15.7 Å². The number of ether oxygens (including phenoxy) is 1. The van der Waals surface area contributed by atoms with Crippen LogP contribution in [0.2, 0.25) is 0 Å². The summed E-state index contributed by atoms with van der Waals surface area (Å²) in [6, 6.07) is 13.9. The Morgan fingerprint density at radius 1 is 1.03 bits per heavy atom. The van der Waals surface area contributed by atoms with Crippen molar-refractivity contribution in [1.82, 2.24) is 4.90 Å². The third kappa shape index (κ3) is 3.99. The molecule has 2 unspecified atom stereocenters. The number of hydrogen-bond donors (Lipinski definition) is 0. The normalized spacial score (nSPS) is 23.8. The van der Waals surface area contributed by atoms with E-state index in [1.54, 1.807) is 23.4 Å². The Morgan fingerprint density at radius 3 is 2.79 bits per heavy atom. The number of halogens is 1. The van der Waals surface area contributed by atoms with Gasteiger partial charge in [-0.05, 0) is 73.9 Å². The molecule has 0 amide bonds. The quantitative estimate of drug-likeness (QED) is 0.630. The number of nitrogens with zero attached hydrogens (tertiary/aromatic N) is 2. The van der Waals surface area contributed by atoms with Crippen molar-refractivity contribution in [3.63, 3.8) is 0 Å². The van der Waals surface area contributed by atoms with Crippen molar-refractivity contribution in [3.8, 4) is 5.75 Å². The molecule has 3 heterocycles. The zero-order chi connectivity index (χ0) is 19.6. The summed E-state index contributed by atoms with van der Waals surface area (Å²) in [6.07, 6.45) is 4.80. The highest BCUT2D eigenvalue weighted by Crippen LogP contribution is 2.50. The Labute approximate surface area is 177 Å².